The Morgan fingerprint density at radius 2 is 2.06 bits per heavy atom. The Bertz CT molecular complexity index is 540. The molecule has 0 unspecified atom stereocenters. The van der Waals surface area contributed by atoms with E-state index in [1.165, 1.54) is 0 Å². The van der Waals surface area contributed by atoms with Gasteiger partial charge in [-0.3, -0.25) is 5.10 Å². The SMILES string of the molecule is CSc1cc(-c2cn[nH]c2N)cc(Cl)c1SC. The van der Waals surface area contributed by atoms with E-state index in [1.54, 1.807) is 29.7 Å². The van der Waals surface area contributed by atoms with Gasteiger partial charge in [0.05, 0.1) is 11.2 Å². The number of thioether (sulfide) groups is 2. The van der Waals surface area contributed by atoms with E-state index in [1.807, 2.05) is 18.6 Å². The van der Waals surface area contributed by atoms with Gasteiger partial charge in [0.15, 0.2) is 0 Å². The van der Waals surface area contributed by atoms with Gasteiger partial charge in [-0.05, 0) is 30.2 Å². The Morgan fingerprint density at radius 1 is 1.29 bits per heavy atom. The van der Waals surface area contributed by atoms with Crippen LogP contribution in [0.3, 0.4) is 0 Å². The summed E-state index contributed by atoms with van der Waals surface area (Å²) in [6.45, 7) is 0. The maximum absolute atomic E-state index is 6.28. The molecule has 0 aliphatic heterocycles. The van der Waals surface area contributed by atoms with Gasteiger partial charge >= 0.3 is 0 Å². The number of H-pyrrole nitrogens is 1. The highest BCUT2D eigenvalue weighted by Gasteiger charge is 2.12. The molecule has 0 amide bonds. The second kappa shape index (κ2) is 5.25. The molecule has 0 radical (unpaired) electrons. The van der Waals surface area contributed by atoms with Crippen LogP contribution in [-0.2, 0) is 0 Å². The van der Waals surface area contributed by atoms with Gasteiger partial charge < -0.3 is 5.73 Å². The van der Waals surface area contributed by atoms with Crippen molar-refractivity contribution in [3.05, 3.63) is 23.4 Å². The minimum atomic E-state index is 0.560. The van der Waals surface area contributed by atoms with E-state index >= 15 is 0 Å². The Balaban J connectivity index is 2.58. The molecule has 90 valence electrons. The van der Waals surface area contributed by atoms with E-state index in [4.69, 9.17) is 17.3 Å². The molecule has 2 rings (SSSR count). The third-order valence-electron chi connectivity index (χ3n) is 2.41. The number of anilines is 1. The highest BCUT2D eigenvalue weighted by atomic mass is 35.5. The summed E-state index contributed by atoms with van der Waals surface area (Å²) in [6, 6.07) is 4.01. The standard InChI is InChI=1S/C11H12ClN3S2/c1-16-9-4-6(3-8(12)10(9)17-2)7-5-14-15-11(7)13/h3-5H,1-2H3,(H3,13,14,15). The van der Waals surface area contributed by atoms with Crippen molar-refractivity contribution in [3.63, 3.8) is 0 Å². The van der Waals surface area contributed by atoms with Crippen LogP contribution in [0.4, 0.5) is 5.82 Å². The number of hydrogen-bond donors (Lipinski definition) is 2. The number of rotatable bonds is 3. The van der Waals surface area contributed by atoms with Crippen molar-refractivity contribution in [2.45, 2.75) is 9.79 Å². The third kappa shape index (κ3) is 2.41. The highest BCUT2D eigenvalue weighted by molar-refractivity contribution is 8.01. The summed E-state index contributed by atoms with van der Waals surface area (Å²) in [6.07, 6.45) is 5.77. The van der Waals surface area contributed by atoms with Gasteiger partial charge in [-0.1, -0.05) is 11.6 Å². The number of nitrogens with two attached hydrogens (primary N) is 1. The molecule has 6 heteroatoms. The van der Waals surface area contributed by atoms with Crippen LogP contribution in [0, 0.1) is 0 Å². The van der Waals surface area contributed by atoms with Crippen molar-refractivity contribution in [2.75, 3.05) is 18.2 Å². The molecule has 3 N–H and O–H groups in total. The third-order valence-corrected chi connectivity index (χ3v) is 4.56. The van der Waals surface area contributed by atoms with Gasteiger partial charge in [-0.2, -0.15) is 5.10 Å². The molecule has 1 heterocycles. The van der Waals surface area contributed by atoms with Crippen LogP contribution < -0.4 is 5.73 Å². The van der Waals surface area contributed by atoms with Crippen molar-refractivity contribution in [1.29, 1.82) is 0 Å². The molecule has 0 fully saturated rings. The molecule has 0 saturated carbocycles. The van der Waals surface area contributed by atoms with Crippen molar-refractivity contribution in [3.8, 4) is 11.1 Å². The molecule has 0 aliphatic carbocycles. The fourth-order valence-corrected chi connectivity index (χ4v) is 3.66. The molecule has 0 bridgehead atoms. The van der Waals surface area contributed by atoms with E-state index in [9.17, 15) is 0 Å². The number of halogens is 1. The monoisotopic (exact) mass is 285 g/mol. The predicted octanol–water partition coefficient (Wildman–Crippen LogP) is 3.76. The Kier molecular flexibility index (Phi) is 3.91. The smallest absolute Gasteiger partial charge is 0.126 e. The molecule has 1 aromatic heterocycles. The van der Waals surface area contributed by atoms with Crippen LogP contribution in [0.1, 0.15) is 0 Å². The molecule has 0 spiro atoms. The van der Waals surface area contributed by atoms with E-state index in [0.717, 1.165) is 25.9 Å². The lowest BCUT2D eigenvalue weighted by Crippen LogP contribution is -1.89. The lowest BCUT2D eigenvalue weighted by molar-refractivity contribution is 1.10. The normalized spacial score (nSPS) is 10.8. The van der Waals surface area contributed by atoms with Crippen molar-refractivity contribution in [2.24, 2.45) is 0 Å². The first-order chi connectivity index (χ1) is 8.17. The summed E-state index contributed by atoms with van der Waals surface area (Å²) in [4.78, 5) is 2.26. The summed E-state index contributed by atoms with van der Waals surface area (Å²) in [5, 5.41) is 7.40. The maximum Gasteiger partial charge on any atom is 0.126 e. The number of nitrogen functional groups attached to an aromatic ring is 1. The summed E-state index contributed by atoms with van der Waals surface area (Å²) in [5.41, 5.74) is 7.68. The van der Waals surface area contributed by atoms with E-state index in [-0.39, 0.29) is 0 Å². The first-order valence-corrected chi connectivity index (χ1v) is 7.71. The molecular weight excluding hydrogens is 274 g/mol. The molecule has 2 aromatic rings. The van der Waals surface area contributed by atoms with Crippen LogP contribution in [-0.4, -0.2) is 22.7 Å². The van der Waals surface area contributed by atoms with Crippen LogP contribution in [0.5, 0.6) is 0 Å². The molecular formula is C11H12ClN3S2. The zero-order valence-corrected chi connectivity index (χ0v) is 11.8. The minimum Gasteiger partial charge on any atom is -0.384 e. The molecule has 17 heavy (non-hydrogen) atoms. The predicted molar refractivity (Wildman–Crippen MR) is 77.0 cm³/mol. The van der Waals surface area contributed by atoms with E-state index in [0.29, 0.717) is 5.82 Å². The average molecular weight is 286 g/mol. The summed E-state index contributed by atoms with van der Waals surface area (Å²) >= 11 is 9.60. The maximum atomic E-state index is 6.28. The van der Waals surface area contributed by atoms with Gasteiger partial charge in [0.25, 0.3) is 0 Å². The number of aromatic amines is 1. The number of nitrogens with zero attached hydrogens (tertiary/aromatic N) is 1. The van der Waals surface area contributed by atoms with Gasteiger partial charge in [-0.25, -0.2) is 0 Å². The molecule has 0 saturated heterocycles. The van der Waals surface area contributed by atoms with E-state index < -0.39 is 0 Å². The molecule has 0 aliphatic rings. The topological polar surface area (TPSA) is 54.7 Å². The summed E-state index contributed by atoms with van der Waals surface area (Å²) in [5.74, 6) is 0.560. The molecule has 1 aromatic carbocycles. The number of benzene rings is 1. The minimum absolute atomic E-state index is 0.560. The quantitative estimate of drug-likeness (QED) is 0.843. The average Bonchev–Trinajstić information content (AvgIpc) is 2.74. The van der Waals surface area contributed by atoms with Crippen LogP contribution in [0.25, 0.3) is 11.1 Å². The summed E-state index contributed by atoms with van der Waals surface area (Å²) < 4.78 is 0. The lowest BCUT2D eigenvalue weighted by Gasteiger charge is -2.10. The first kappa shape index (κ1) is 12.7. The molecule has 3 nitrogen and oxygen atoms in total. The number of aromatic nitrogens is 2. The number of hydrogen-bond acceptors (Lipinski definition) is 4. The van der Waals surface area contributed by atoms with Crippen molar-refractivity contribution in [1.82, 2.24) is 10.2 Å². The first-order valence-electron chi connectivity index (χ1n) is 4.88. The Morgan fingerprint density at radius 3 is 2.59 bits per heavy atom. The molecule has 0 atom stereocenters. The van der Waals surface area contributed by atoms with Crippen LogP contribution in [0.15, 0.2) is 28.1 Å². The van der Waals surface area contributed by atoms with Gasteiger partial charge in [0.1, 0.15) is 5.82 Å². The van der Waals surface area contributed by atoms with Crippen molar-refractivity contribution < 1.29 is 0 Å². The number of nitrogens with one attached hydrogen (secondary N) is 1. The fourth-order valence-electron chi connectivity index (χ4n) is 1.60. The second-order valence-electron chi connectivity index (χ2n) is 3.39. The lowest BCUT2D eigenvalue weighted by atomic mass is 10.1. The Labute approximate surface area is 114 Å². The second-order valence-corrected chi connectivity index (χ2v) is 5.46. The van der Waals surface area contributed by atoms with Crippen LogP contribution >= 0.6 is 35.1 Å². The highest BCUT2D eigenvalue weighted by Crippen LogP contribution is 2.39. The zero-order chi connectivity index (χ0) is 12.4. The van der Waals surface area contributed by atoms with Gasteiger partial charge in [-0.15, -0.1) is 23.5 Å². The van der Waals surface area contributed by atoms with Crippen molar-refractivity contribution >= 4 is 40.9 Å². The summed E-state index contributed by atoms with van der Waals surface area (Å²) in [7, 11) is 0. The van der Waals surface area contributed by atoms with Gasteiger partial charge in [0, 0.05) is 15.4 Å². The van der Waals surface area contributed by atoms with Gasteiger partial charge in [0.2, 0.25) is 0 Å². The Hall–Kier alpha value is -0.780. The van der Waals surface area contributed by atoms with E-state index in [2.05, 4.69) is 16.3 Å². The fraction of sp³-hybridized carbons (Fsp3) is 0.182. The zero-order valence-electron chi connectivity index (χ0n) is 9.45. The largest absolute Gasteiger partial charge is 0.384 e. The van der Waals surface area contributed by atoms with Crippen LogP contribution in [0.2, 0.25) is 5.02 Å².